The van der Waals surface area contributed by atoms with Gasteiger partial charge in [-0.2, -0.15) is 0 Å². The van der Waals surface area contributed by atoms with E-state index in [1.807, 2.05) is 12.1 Å². The first-order valence-corrected chi connectivity index (χ1v) is 7.75. The molecule has 1 aromatic carbocycles. The first-order chi connectivity index (χ1) is 9.58. The number of aliphatic hydroxyl groups is 1. The number of methoxy groups -OCH3 is 1. The molecule has 4 nitrogen and oxygen atoms in total. The Balaban J connectivity index is 2.74. The van der Waals surface area contributed by atoms with E-state index in [9.17, 15) is 5.11 Å². The van der Waals surface area contributed by atoms with Crippen LogP contribution in [0.4, 0.5) is 0 Å². The molecule has 0 bridgehead atoms. The van der Waals surface area contributed by atoms with Gasteiger partial charge in [0.1, 0.15) is 0 Å². The standard InChI is InChI=1S/C15H24BrNO3/c1-4-6-17-10-12-8-13(16)15(14(9-12)19-3)20-7-5-11(2)18/h8-9,11,17-18H,4-7,10H2,1-3H3. The van der Waals surface area contributed by atoms with E-state index in [1.165, 1.54) is 0 Å². The largest absolute Gasteiger partial charge is 0.493 e. The van der Waals surface area contributed by atoms with Gasteiger partial charge in [0.2, 0.25) is 0 Å². The van der Waals surface area contributed by atoms with Crippen molar-refractivity contribution in [1.29, 1.82) is 0 Å². The third-order valence-corrected chi connectivity index (χ3v) is 3.42. The molecule has 0 aromatic heterocycles. The van der Waals surface area contributed by atoms with Gasteiger partial charge in [-0.1, -0.05) is 6.92 Å². The van der Waals surface area contributed by atoms with Crippen molar-refractivity contribution in [3.8, 4) is 11.5 Å². The van der Waals surface area contributed by atoms with Crippen molar-refractivity contribution in [2.24, 2.45) is 0 Å². The van der Waals surface area contributed by atoms with Gasteiger partial charge in [0.05, 0.1) is 24.3 Å². The second-order valence-electron chi connectivity index (χ2n) is 4.77. The van der Waals surface area contributed by atoms with E-state index in [0.717, 1.165) is 29.5 Å². The number of benzene rings is 1. The minimum atomic E-state index is -0.364. The van der Waals surface area contributed by atoms with E-state index in [2.05, 4.69) is 28.2 Å². The minimum Gasteiger partial charge on any atom is -0.493 e. The molecule has 0 aliphatic rings. The third kappa shape index (κ3) is 5.69. The van der Waals surface area contributed by atoms with E-state index in [0.29, 0.717) is 24.5 Å². The van der Waals surface area contributed by atoms with Crippen LogP contribution in [-0.2, 0) is 6.54 Å². The summed E-state index contributed by atoms with van der Waals surface area (Å²) in [6.07, 6.45) is 1.34. The number of nitrogens with one attached hydrogen (secondary N) is 1. The Labute approximate surface area is 129 Å². The summed E-state index contributed by atoms with van der Waals surface area (Å²) in [4.78, 5) is 0. The quantitative estimate of drug-likeness (QED) is 0.675. The van der Waals surface area contributed by atoms with Gasteiger partial charge in [-0.25, -0.2) is 0 Å². The Morgan fingerprint density at radius 3 is 2.75 bits per heavy atom. The van der Waals surface area contributed by atoms with Gasteiger partial charge in [0, 0.05) is 13.0 Å². The average Bonchev–Trinajstić information content (AvgIpc) is 2.40. The SMILES string of the molecule is CCCNCc1cc(Br)c(OCCC(C)O)c(OC)c1. The van der Waals surface area contributed by atoms with E-state index >= 15 is 0 Å². The summed E-state index contributed by atoms with van der Waals surface area (Å²) in [5.41, 5.74) is 1.14. The summed E-state index contributed by atoms with van der Waals surface area (Å²) in [5, 5.41) is 12.6. The maximum atomic E-state index is 9.26. The summed E-state index contributed by atoms with van der Waals surface area (Å²) in [5.74, 6) is 1.39. The molecule has 0 amide bonds. The van der Waals surface area contributed by atoms with Gasteiger partial charge >= 0.3 is 0 Å². The number of hydrogen-bond donors (Lipinski definition) is 2. The predicted octanol–water partition coefficient (Wildman–Crippen LogP) is 3.11. The van der Waals surface area contributed by atoms with Crippen LogP contribution in [0.2, 0.25) is 0 Å². The Morgan fingerprint density at radius 2 is 2.15 bits per heavy atom. The maximum Gasteiger partial charge on any atom is 0.175 e. The van der Waals surface area contributed by atoms with Crippen LogP contribution < -0.4 is 14.8 Å². The topological polar surface area (TPSA) is 50.7 Å². The number of halogens is 1. The van der Waals surface area contributed by atoms with E-state index < -0.39 is 0 Å². The molecule has 0 heterocycles. The van der Waals surface area contributed by atoms with Crippen molar-refractivity contribution in [2.45, 2.75) is 39.3 Å². The van der Waals surface area contributed by atoms with Gasteiger partial charge in [0.25, 0.3) is 0 Å². The summed E-state index contributed by atoms with van der Waals surface area (Å²) in [6, 6.07) is 4.01. The van der Waals surface area contributed by atoms with Crippen molar-refractivity contribution in [3.63, 3.8) is 0 Å². The normalized spacial score (nSPS) is 12.2. The van der Waals surface area contributed by atoms with Crippen molar-refractivity contribution in [2.75, 3.05) is 20.3 Å². The number of hydrogen-bond acceptors (Lipinski definition) is 4. The molecule has 0 spiro atoms. The molecule has 1 atom stereocenters. The van der Waals surface area contributed by atoms with Crippen molar-refractivity contribution < 1.29 is 14.6 Å². The lowest BCUT2D eigenvalue weighted by molar-refractivity contribution is 0.154. The monoisotopic (exact) mass is 345 g/mol. The van der Waals surface area contributed by atoms with Crippen LogP contribution in [-0.4, -0.2) is 31.5 Å². The molecule has 1 aromatic rings. The Morgan fingerprint density at radius 1 is 1.40 bits per heavy atom. The summed E-state index contributed by atoms with van der Waals surface area (Å²) < 4.78 is 12.0. The predicted molar refractivity (Wildman–Crippen MR) is 84.5 cm³/mol. The molecule has 1 unspecified atom stereocenters. The summed E-state index contributed by atoms with van der Waals surface area (Å²) in [7, 11) is 1.63. The zero-order valence-corrected chi connectivity index (χ0v) is 14.0. The molecule has 0 fully saturated rings. The lowest BCUT2D eigenvalue weighted by atomic mass is 10.2. The highest BCUT2D eigenvalue weighted by molar-refractivity contribution is 9.10. The summed E-state index contributed by atoms with van der Waals surface area (Å²) in [6.45, 7) is 6.14. The zero-order chi connectivity index (χ0) is 15.0. The van der Waals surface area contributed by atoms with Crippen LogP contribution in [0, 0.1) is 0 Å². The zero-order valence-electron chi connectivity index (χ0n) is 12.4. The molecule has 5 heteroatoms. The molecular weight excluding hydrogens is 322 g/mol. The molecule has 114 valence electrons. The van der Waals surface area contributed by atoms with Gasteiger partial charge in [-0.05, 0) is 53.5 Å². The van der Waals surface area contributed by atoms with E-state index in [1.54, 1.807) is 14.0 Å². The lowest BCUT2D eigenvalue weighted by Crippen LogP contribution is -2.14. The van der Waals surface area contributed by atoms with Crippen molar-refractivity contribution in [1.82, 2.24) is 5.32 Å². The van der Waals surface area contributed by atoms with Gasteiger partial charge in [-0.15, -0.1) is 0 Å². The Hall–Kier alpha value is -0.780. The van der Waals surface area contributed by atoms with Crippen LogP contribution in [0.15, 0.2) is 16.6 Å². The molecule has 0 aliphatic carbocycles. The van der Waals surface area contributed by atoms with E-state index in [-0.39, 0.29) is 6.10 Å². The first kappa shape index (κ1) is 17.3. The molecule has 0 aliphatic heterocycles. The number of ether oxygens (including phenoxy) is 2. The van der Waals surface area contributed by atoms with Gasteiger partial charge in [0.15, 0.2) is 11.5 Å². The fourth-order valence-electron chi connectivity index (χ4n) is 1.76. The van der Waals surface area contributed by atoms with E-state index in [4.69, 9.17) is 9.47 Å². The maximum absolute atomic E-state index is 9.26. The highest BCUT2D eigenvalue weighted by Gasteiger charge is 2.12. The Kier molecular flexibility index (Phi) is 7.95. The van der Waals surface area contributed by atoms with Crippen LogP contribution in [0.25, 0.3) is 0 Å². The molecule has 0 saturated heterocycles. The van der Waals surface area contributed by atoms with Crippen LogP contribution >= 0.6 is 15.9 Å². The van der Waals surface area contributed by atoms with Crippen LogP contribution in [0.5, 0.6) is 11.5 Å². The fraction of sp³-hybridized carbons (Fsp3) is 0.600. The van der Waals surface area contributed by atoms with Crippen molar-refractivity contribution >= 4 is 15.9 Å². The lowest BCUT2D eigenvalue weighted by Gasteiger charge is -2.15. The highest BCUT2D eigenvalue weighted by Crippen LogP contribution is 2.36. The number of aliphatic hydroxyl groups excluding tert-OH is 1. The smallest absolute Gasteiger partial charge is 0.175 e. The molecule has 0 saturated carbocycles. The molecule has 20 heavy (non-hydrogen) atoms. The highest BCUT2D eigenvalue weighted by atomic mass is 79.9. The van der Waals surface area contributed by atoms with Crippen molar-refractivity contribution in [3.05, 3.63) is 22.2 Å². The number of rotatable bonds is 9. The Bertz CT molecular complexity index is 410. The second-order valence-corrected chi connectivity index (χ2v) is 5.63. The summed E-state index contributed by atoms with van der Waals surface area (Å²) >= 11 is 3.52. The molecule has 2 N–H and O–H groups in total. The van der Waals surface area contributed by atoms with Crippen LogP contribution in [0.1, 0.15) is 32.3 Å². The minimum absolute atomic E-state index is 0.364. The van der Waals surface area contributed by atoms with Gasteiger partial charge in [-0.3, -0.25) is 0 Å². The molecule has 0 radical (unpaired) electrons. The molecular formula is C15H24BrNO3. The van der Waals surface area contributed by atoms with Crippen LogP contribution in [0.3, 0.4) is 0 Å². The fourth-order valence-corrected chi connectivity index (χ4v) is 2.36. The molecule has 1 rings (SSSR count). The third-order valence-electron chi connectivity index (χ3n) is 2.83. The first-order valence-electron chi connectivity index (χ1n) is 6.96. The second kappa shape index (κ2) is 9.21. The average molecular weight is 346 g/mol. The van der Waals surface area contributed by atoms with Gasteiger partial charge < -0.3 is 19.9 Å².